The molecule has 0 atom stereocenters. The van der Waals surface area contributed by atoms with E-state index in [9.17, 15) is 18.1 Å². The van der Waals surface area contributed by atoms with Gasteiger partial charge in [0, 0.05) is 0 Å². The molecule has 0 saturated carbocycles. The number of phenolic OH excluding ortho intramolecular Hbond substituents is 1. The summed E-state index contributed by atoms with van der Waals surface area (Å²) < 4.78 is 38.6. The van der Waals surface area contributed by atoms with Crippen LogP contribution in [-0.2, 0) is 16.5 Å². The summed E-state index contributed by atoms with van der Waals surface area (Å²) in [4.78, 5) is -0.286. The van der Waals surface area contributed by atoms with Crippen LogP contribution in [0.3, 0.4) is 0 Å². The summed E-state index contributed by atoms with van der Waals surface area (Å²) in [5, 5.41) is 9.80. The summed E-state index contributed by atoms with van der Waals surface area (Å²) in [5.41, 5.74) is 0.834. The fraction of sp³-hybridized carbons (Fsp3) is 0.429. The van der Waals surface area contributed by atoms with Gasteiger partial charge in [-0.05, 0) is 42.7 Å². The molecule has 0 radical (unpaired) electrons. The predicted octanol–water partition coefficient (Wildman–Crippen LogP) is 5.72. The van der Waals surface area contributed by atoms with Crippen molar-refractivity contribution in [3.63, 3.8) is 0 Å². The van der Waals surface area contributed by atoms with Crippen molar-refractivity contribution in [3.05, 3.63) is 48.0 Å². The minimum absolute atomic E-state index is 0.0117. The lowest BCUT2D eigenvalue weighted by Gasteiger charge is -2.12. The average molecular weight is 393 g/mol. The topological polar surface area (TPSA) is 83.8 Å². The lowest BCUT2D eigenvalue weighted by atomic mass is 10.0. The van der Waals surface area contributed by atoms with Gasteiger partial charge in [0.05, 0.1) is 0 Å². The number of rotatable bonds is 11. The van der Waals surface area contributed by atoms with Crippen LogP contribution in [0, 0.1) is 0 Å². The summed E-state index contributed by atoms with van der Waals surface area (Å²) >= 11 is 0. The van der Waals surface area contributed by atoms with E-state index in [1.54, 1.807) is 18.2 Å². The summed E-state index contributed by atoms with van der Waals surface area (Å²) in [6.45, 7) is 2.19. The number of ether oxygens (including phenoxy) is 1. The fourth-order valence-electron chi connectivity index (χ4n) is 2.94. The monoisotopic (exact) mass is 392 g/mol. The number of aryl methyl sites for hydroxylation is 1. The molecule has 0 aliphatic heterocycles. The first kappa shape index (κ1) is 21.3. The molecule has 0 fully saturated rings. The molecule has 0 aliphatic rings. The first-order valence-electron chi connectivity index (χ1n) is 9.48. The third-order valence-electron chi connectivity index (χ3n) is 4.44. The van der Waals surface area contributed by atoms with Crippen LogP contribution < -0.4 is 4.74 Å². The average Bonchev–Trinajstić information content (AvgIpc) is 2.63. The smallest absolute Gasteiger partial charge is 0.298 e. The summed E-state index contributed by atoms with van der Waals surface area (Å²) in [7, 11) is -4.44. The number of benzene rings is 2. The minimum atomic E-state index is -4.44. The maximum atomic E-state index is 11.8. The van der Waals surface area contributed by atoms with Crippen molar-refractivity contribution < 1.29 is 22.8 Å². The summed E-state index contributed by atoms with van der Waals surface area (Å²) in [6.07, 6.45) is 8.99. The normalized spacial score (nSPS) is 11.5. The molecule has 2 aromatic rings. The molecule has 0 bridgehead atoms. The van der Waals surface area contributed by atoms with Crippen molar-refractivity contribution in [2.75, 3.05) is 0 Å². The van der Waals surface area contributed by atoms with Crippen LogP contribution in [-0.4, -0.2) is 18.1 Å². The summed E-state index contributed by atoms with van der Waals surface area (Å²) in [6, 6.07) is 11.0. The Bertz CT molecular complexity index is 830. The second-order valence-electron chi connectivity index (χ2n) is 6.70. The van der Waals surface area contributed by atoms with Crippen molar-refractivity contribution >= 4 is 10.1 Å². The molecule has 2 rings (SSSR count). The Morgan fingerprint density at radius 2 is 1.56 bits per heavy atom. The second-order valence-corrected chi connectivity index (χ2v) is 8.09. The second kappa shape index (κ2) is 10.3. The quantitative estimate of drug-likeness (QED) is 0.377. The van der Waals surface area contributed by atoms with Gasteiger partial charge in [0.1, 0.15) is 10.6 Å². The Hall–Kier alpha value is -2.05. The van der Waals surface area contributed by atoms with E-state index in [4.69, 9.17) is 4.74 Å². The first-order chi connectivity index (χ1) is 12.9. The molecular weight excluding hydrogens is 364 g/mol. The van der Waals surface area contributed by atoms with Crippen LogP contribution >= 0.6 is 0 Å². The molecule has 148 valence electrons. The molecule has 0 saturated heterocycles. The Morgan fingerprint density at radius 3 is 2.22 bits per heavy atom. The highest BCUT2D eigenvalue weighted by atomic mass is 32.2. The Kier molecular flexibility index (Phi) is 8.13. The van der Waals surface area contributed by atoms with Gasteiger partial charge in [-0.3, -0.25) is 4.55 Å². The van der Waals surface area contributed by atoms with Gasteiger partial charge >= 0.3 is 0 Å². The zero-order valence-electron chi connectivity index (χ0n) is 15.7. The van der Waals surface area contributed by atoms with Crippen LogP contribution in [0.4, 0.5) is 0 Å². The highest BCUT2D eigenvalue weighted by Gasteiger charge is 2.19. The number of unbranched alkanes of at least 4 members (excludes halogenated alkanes) is 6. The fourth-order valence-corrected chi connectivity index (χ4v) is 3.61. The van der Waals surface area contributed by atoms with Gasteiger partial charge in [0.25, 0.3) is 10.1 Å². The molecule has 0 spiro atoms. The van der Waals surface area contributed by atoms with Gasteiger partial charge in [-0.25, -0.2) is 0 Å². The van der Waals surface area contributed by atoms with E-state index in [1.165, 1.54) is 56.4 Å². The molecule has 6 heteroatoms. The van der Waals surface area contributed by atoms with Crippen molar-refractivity contribution in [1.29, 1.82) is 0 Å². The van der Waals surface area contributed by atoms with Crippen molar-refractivity contribution in [1.82, 2.24) is 0 Å². The van der Waals surface area contributed by atoms with Gasteiger partial charge in [-0.1, -0.05) is 63.6 Å². The van der Waals surface area contributed by atoms with E-state index in [2.05, 4.69) is 6.92 Å². The molecular formula is C21H28O5S. The van der Waals surface area contributed by atoms with Crippen molar-refractivity contribution in [2.45, 2.75) is 63.2 Å². The maximum Gasteiger partial charge on any atom is 0.298 e. The lowest BCUT2D eigenvalue weighted by Crippen LogP contribution is -2.02. The molecule has 0 amide bonds. The predicted molar refractivity (Wildman–Crippen MR) is 106 cm³/mol. The van der Waals surface area contributed by atoms with Crippen LogP contribution in [0.15, 0.2) is 47.4 Å². The van der Waals surface area contributed by atoms with Crippen molar-refractivity contribution in [3.8, 4) is 17.2 Å². The van der Waals surface area contributed by atoms with E-state index >= 15 is 0 Å². The zero-order valence-corrected chi connectivity index (χ0v) is 16.5. The molecule has 0 aliphatic carbocycles. The van der Waals surface area contributed by atoms with Gasteiger partial charge in [0.2, 0.25) is 0 Å². The number of para-hydroxylation sites is 2. The first-order valence-corrected chi connectivity index (χ1v) is 10.9. The van der Waals surface area contributed by atoms with E-state index in [1.807, 2.05) is 0 Å². The number of hydrogen-bond donors (Lipinski definition) is 2. The Labute approximate surface area is 161 Å². The third kappa shape index (κ3) is 6.88. The number of aromatic hydroxyl groups is 1. The SMILES string of the molecule is CCCCCCCCCc1ccc(Oc2ccccc2O)c(S(=O)(=O)O)c1. The Morgan fingerprint density at radius 1 is 0.889 bits per heavy atom. The maximum absolute atomic E-state index is 11.8. The lowest BCUT2D eigenvalue weighted by molar-refractivity contribution is 0.402. The van der Waals surface area contributed by atoms with Crippen LogP contribution in [0.2, 0.25) is 0 Å². The number of phenols is 1. The van der Waals surface area contributed by atoms with Gasteiger partial charge < -0.3 is 9.84 Å². The molecule has 27 heavy (non-hydrogen) atoms. The van der Waals surface area contributed by atoms with Gasteiger partial charge in [-0.15, -0.1) is 0 Å². The third-order valence-corrected chi connectivity index (χ3v) is 5.32. The van der Waals surface area contributed by atoms with Gasteiger partial charge in [-0.2, -0.15) is 8.42 Å². The van der Waals surface area contributed by atoms with E-state index in [0.29, 0.717) is 0 Å². The van der Waals surface area contributed by atoms with Crippen LogP contribution in [0.1, 0.15) is 57.4 Å². The molecule has 0 aromatic heterocycles. The van der Waals surface area contributed by atoms with Crippen molar-refractivity contribution in [2.24, 2.45) is 0 Å². The minimum Gasteiger partial charge on any atom is -0.504 e. The van der Waals surface area contributed by atoms with Crippen LogP contribution in [0.5, 0.6) is 17.2 Å². The highest BCUT2D eigenvalue weighted by molar-refractivity contribution is 7.86. The molecule has 0 unspecified atom stereocenters. The van der Waals surface area contributed by atoms with E-state index in [-0.39, 0.29) is 22.1 Å². The molecule has 0 heterocycles. The highest BCUT2D eigenvalue weighted by Crippen LogP contribution is 2.34. The zero-order chi connectivity index (χ0) is 19.7. The Balaban J connectivity index is 2.04. The van der Waals surface area contributed by atoms with E-state index < -0.39 is 10.1 Å². The molecule has 5 nitrogen and oxygen atoms in total. The summed E-state index contributed by atoms with van der Waals surface area (Å²) in [5.74, 6) is 0.00971. The largest absolute Gasteiger partial charge is 0.504 e. The molecule has 2 aromatic carbocycles. The van der Waals surface area contributed by atoms with E-state index in [0.717, 1.165) is 24.8 Å². The number of hydrogen-bond acceptors (Lipinski definition) is 4. The van der Waals surface area contributed by atoms with Crippen LogP contribution in [0.25, 0.3) is 0 Å². The standard InChI is InChI=1S/C21H28O5S/c1-2-3-4-5-6-7-8-11-17-14-15-20(21(16-17)27(23,24)25)26-19-13-10-9-12-18(19)22/h9-10,12-16,22H,2-8,11H2,1H3,(H,23,24,25). The van der Waals surface area contributed by atoms with Gasteiger partial charge in [0.15, 0.2) is 11.5 Å². The molecule has 2 N–H and O–H groups in total.